The fourth-order valence-electron chi connectivity index (χ4n) is 2.73. The quantitative estimate of drug-likeness (QED) is 0.840. The molecule has 0 radical (unpaired) electrons. The molecule has 2 aromatic rings. The monoisotopic (exact) mass is 347 g/mol. The zero-order valence-electron chi connectivity index (χ0n) is 14.0. The van der Waals surface area contributed by atoms with Crippen molar-refractivity contribution in [3.8, 4) is 0 Å². The van der Waals surface area contributed by atoms with E-state index in [1.807, 2.05) is 0 Å². The molecular formula is C16H21N5O4. The van der Waals surface area contributed by atoms with Gasteiger partial charge in [0, 0.05) is 19.1 Å². The van der Waals surface area contributed by atoms with Crippen molar-refractivity contribution in [2.45, 2.75) is 32.2 Å². The molecule has 9 nitrogen and oxygen atoms in total. The molecule has 1 amide bonds. The Hall–Kier alpha value is -2.84. The number of hydrogen-bond acceptors (Lipinski definition) is 7. The first-order valence-electron chi connectivity index (χ1n) is 8.32. The summed E-state index contributed by atoms with van der Waals surface area (Å²) in [6.07, 6.45) is 3.06. The van der Waals surface area contributed by atoms with E-state index in [9.17, 15) is 9.59 Å². The standard InChI is InChI=1S/C16H21N5O4/c1-2-24-16(23)21-7-5-11(6-8-21)17-15-18-14(22)13(19-20-15)10-12-4-3-9-25-12/h3-4,9,11H,2,5-8,10H2,1H3,(H2,17,18,20,22). The molecular weight excluding hydrogens is 326 g/mol. The summed E-state index contributed by atoms with van der Waals surface area (Å²) in [7, 11) is 0. The van der Waals surface area contributed by atoms with Crippen LogP contribution in [0.5, 0.6) is 0 Å². The van der Waals surface area contributed by atoms with Gasteiger partial charge in [0.2, 0.25) is 5.95 Å². The Balaban J connectivity index is 1.54. The van der Waals surface area contributed by atoms with Crippen LogP contribution in [0.4, 0.5) is 10.7 Å². The zero-order valence-corrected chi connectivity index (χ0v) is 14.0. The number of carbonyl (C=O) groups is 1. The maximum atomic E-state index is 12.1. The van der Waals surface area contributed by atoms with Gasteiger partial charge in [0.15, 0.2) is 0 Å². The molecule has 0 aromatic carbocycles. The predicted octanol–water partition coefficient (Wildman–Crippen LogP) is 1.38. The maximum absolute atomic E-state index is 12.1. The number of carbonyl (C=O) groups excluding carboxylic acids is 1. The van der Waals surface area contributed by atoms with Crippen molar-refractivity contribution in [1.82, 2.24) is 20.1 Å². The first-order valence-corrected chi connectivity index (χ1v) is 8.32. The van der Waals surface area contributed by atoms with E-state index in [0.717, 1.165) is 12.8 Å². The Morgan fingerprint density at radius 1 is 1.44 bits per heavy atom. The number of amides is 1. The lowest BCUT2D eigenvalue weighted by molar-refractivity contribution is 0.0983. The fraction of sp³-hybridized carbons (Fsp3) is 0.500. The van der Waals surface area contributed by atoms with Crippen LogP contribution in [-0.2, 0) is 11.2 Å². The number of nitrogens with one attached hydrogen (secondary N) is 2. The molecule has 0 spiro atoms. The minimum absolute atomic E-state index is 0.117. The average molecular weight is 347 g/mol. The molecule has 0 bridgehead atoms. The summed E-state index contributed by atoms with van der Waals surface area (Å²) in [5.41, 5.74) is 0.00971. The van der Waals surface area contributed by atoms with Crippen LogP contribution in [0.2, 0.25) is 0 Å². The Labute approximate surface area is 144 Å². The number of nitrogens with zero attached hydrogens (tertiary/aromatic N) is 3. The Morgan fingerprint density at radius 3 is 2.88 bits per heavy atom. The van der Waals surface area contributed by atoms with Crippen LogP contribution < -0.4 is 10.9 Å². The molecule has 0 unspecified atom stereocenters. The summed E-state index contributed by atoms with van der Waals surface area (Å²) in [5.74, 6) is 0.995. The van der Waals surface area contributed by atoms with E-state index in [0.29, 0.717) is 43.5 Å². The highest BCUT2D eigenvalue weighted by Gasteiger charge is 2.24. The largest absolute Gasteiger partial charge is 0.469 e. The van der Waals surface area contributed by atoms with Crippen molar-refractivity contribution in [1.29, 1.82) is 0 Å². The van der Waals surface area contributed by atoms with E-state index in [4.69, 9.17) is 9.15 Å². The Bertz CT molecular complexity index is 750. The van der Waals surface area contributed by atoms with Crippen molar-refractivity contribution in [2.24, 2.45) is 0 Å². The van der Waals surface area contributed by atoms with Crippen LogP contribution in [0, 0.1) is 0 Å². The van der Waals surface area contributed by atoms with Gasteiger partial charge in [-0.25, -0.2) is 4.79 Å². The van der Waals surface area contributed by atoms with Crippen LogP contribution >= 0.6 is 0 Å². The summed E-state index contributed by atoms with van der Waals surface area (Å²) in [4.78, 5) is 28.2. The third-order valence-electron chi connectivity index (χ3n) is 4.05. The van der Waals surface area contributed by atoms with Gasteiger partial charge in [0.25, 0.3) is 5.56 Å². The summed E-state index contributed by atoms with van der Waals surface area (Å²) >= 11 is 0. The molecule has 3 rings (SSSR count). The average Bonchev–Trinajstić information content (AvgIpc) is 3.11. The zero-order chi connectivity index (χ0) is 17.6. The van der Waals surface area contributed by atoms with E-state index >= 15 is 0 Å². The predicted molar refractivity (Wildman–Crippen MR) is 89.4 cm³/mol. The molecule has 1 fully saturated rings. The second-order valence-corrected chi connectivity index (χ2v) is 5.81. The normalized spacial score (nSPS) is 15.2. The second-order valence-electron chi connectivity index (χ2n) is 5.81. The molecule has 1 aliphatic heterocycles. The number of rotatable bonds is 5. The highest BCUT2D eigenvalue weighted by atomic mass is 16.6. The molecule has 0 aliphatic carbocycles. The fourth-order valence-corrected chi connectivity index (χ4v) is 2.73. The first kappa shape index (κ1) is 17.0. The molecule has 1 aliphatic rings. The number of H-pyrrole nitrogens is 1. The van der Waals surface area contributed by atoms with Crippen LogP contribution in [0.25, 0.3) is 0 Å². The molecule has 134 valence electrons. The molecule has 2 N–H and O–H groups in total. The van der Waals surface area contributed by atoms with Gasteiger partial charge in [-0.2, -0.15) is 0 Å². The van der Waals surface area contributed by atoms with E-state index < -0.39 is 0 Å². The third-order valence-corrected chi connectivity index (χ3v) is 4.05. The summed E-state index contributed by atoms with van der Waals surface area (Å²) in [6, 6.07) is 3.66. The highest BCUT2D eigenvalue weighted by Crippen LogP contribution is 2.14. The van der Waals surface area contributed by atoms with Gasteiger partial charge in [0.05, 0.1) is 19.3 Å². The van der Waals surface area contributed by atoms with Crippen LogP contribution in [0.1, 0.15) is 31.2 Å². The second kappa shape index (κ2) is 7.82. The van der Waals surface area contributed by atoms with Gasteiger partial charge in [0.1, 0.15) is 11.5 Å². The molecule has 0 atom stereocenters. The SMILES string of the molecule is CCOC(=O)N1CCC(Nc2nnc(Cc3ccco3)c(=O)[nH]2)CC1. The van der Waals surface area contributed by atoms with E-state index in [1.165, 1.54) is 0 Å². The van der Waals surface area contributed by atoms with Crippen molar-refractivity contribution in [3.05, 3.63) is 40.2 Å². The van der Waals surface area contributed by atoms with Gasteiger partial charge in [-0.05, 0) is 31.9 Å². The lowest BCUT2D eigenvalue weighted by Crippen LogP contribution is -2.43. The Morgan fingerprint density at radius 2 is 2.24 bits per heavy atom. The van der Waals surface area contributed by atoms with Gasteiger partial charge in [-0.15, -0.1) is 10.2 Å². The van der Waals surface area contributed by atoms with Gasteiger partial charge < -0.3 is 19.4 Å². The molecule has 2 aromatic heterocycles. The summed E-state index contributed by atoms with van der Waals surface area (Å²) < 4.78 is 10.2. The topological polar surface area (TPSA) is 113 Å². The Kier molecular flexibility index (Phi) is 5.32. The maximum Gasteiger partial charge on any atom is 0.409 e. The van der Waals surface area contributed by atoms with Crippen LogP contribution in [0.3, 0.4) is 0 Å². The van der Waals surface area contributed by atoms with Crippen molar-refractivity contribution in [2.75, 3.05) is 25.0 Å². The number of hydrogen-bond donors (Lipinski definition) is 2. The molecule has 9 heteroatoms. The molecule has 0 saturated carbocycles. The van der Waals surface area contributed by atoms with E-state index in [2.05, 4.69) is 20.5 Å². The number of ether oxygens (including phenoxy) is 1. The summed E-state index contributed by atoms with van der Waals surface area (Å²) in [5, 5.41) is 11.2. The van der Waals surface area contributed by atoms with E-state index in [-0.39, 0.29) is 17.7 Å². The third kappa shape index (κ3) is 4.37. The van der Waals surface area contributed by atoms with Crippen molar-refractivity contribution < 1.29 is 13.9 Å². The van der Waals surface area contributed by atoms with Crippen molar-refractivity contribution in [3.63, 3.8) is 0 Å². The van der Waals surface area contributed by atoms with Crippen molar-refractivity contribution >= 4 is 12.0 Å². The van der Waals surface area contributed by atoms with Gasteiger partial charge in [-0.3, -0.25) is 9.78 Å². The summed E-state index contributed by atoms with van der Waals surface area (Å²) in [6.45, 7) is 3.37. The number of furan rings is 1. The molecule has 1 saturated heterocycles. The molecule has 3 heterocycles. The first-order chi connectivity index (χ1) is 12.2. The van der Waals surface area contributed by atoms with Crippen LogP contribution in [0.15, 0.2) is 27.6 Å². The molecule has 25 heavy (non-hydrogen) atoms. The number of aromatic amines is 1. The number of piperidine rings is 1. The minimum atomic E-state index is -0.294. The van der Waals surface area contributed by atoms with Gasteiger partial charge >= 0.3 is 6.09 Å². The van der Waals surface area contributed by atoms with Crippen LogP contribution in [-0.4, -0.2) is 51.9 Å². The minimum Gasteiger partial charge on any atom is -0.469 e. The lowest BCUT2D eigenvalue weighted by atomic mass is 10.1. The smallest absolute Gasteiger partial charge is 0.409 e. The number of anilines is 1. The van der Waals surface area contributed by atoms with Gasteiger partial charge in [-0.1, -0.05) is 0 Å². The van der Waals surface area contributed by atoms with E-state index in [1.54, 1.807) is 30.2 Å². The lowest BCUT2D eigenvalue weighted by Gasteiger charge is -2.31. The number of likely N-dealkylation sites (tertiary alicyclic amines) is 1. The number of aromatic nitrogens is 3. The highest BCUT2D eigenvalue weighted by molar-refractivity contribution is 5.67.